The lowest BCUT2D eigenvalue weighted by Crippen LogP contribution is -2.17. The fourth-order valence-electron chi connectivity index (χ4n) is 3.22. The molecule has 0 atom stereocenters. The van der Waals surface area contributed by atoms with Gasteiger partial charge in [0.1, 0.15) is 5.75 Å². The molecule has 0 saturated heterocycles. The minimum Gasteiger partial charge on any atom is -0.495 e. The zero-order chi connectivity index (χ0) is 19.3. The first-order valence-electron chi connectivity index (χ1n) is 8.45. The van der Waals surface area contributed by atoms with Crippen molar-refractivity contribution < 1.29 is 22.7 Å². The Morgan fingerprint density at radius 3 is 2.67 bits per heavy atom. The second-order valence-electron chi connectivity index (χ2n) is 6.76. The van der Waals surface area contributed by atoms with Crippen LogP contribution in [0.3, 0.4) is 0 Å². The van der Waals surface area contributed by atoms with E-state index in [4.69, 9.17) is 4.74 Å². The van der Waals surface area contributed by atoms with E-state index < -0.39 is 11.7 Å². The van der Waals surface area contributed by atoms with Crippen molar-refractivity contribution in [3.8, 4) is 5.75 Å². The molecular formula is C18H17F3N4O2. The molecule has 2 aromatic rings. The molecule has 0 unspecified atom stereocenters. The maximum absolute atomic E-state index is 13.2. The molecule has 1 aromatic carbocycles. The summed E-state index contributed by atoms with van der Waals surface area (Å²) in [7, 11) is 3.15. The lowest BCUT2D eigenvalue weighted by molar-refractivity contribution is -0.138. The molecule has 142 valence electrons. The molecule has 9 heteroatoms. The molecule has 0 spiro atoms. The van der Waals surface area contributed by atoms with Gasteiger partial charge in [-0.05, 0) is 30.5 Å². The second-order valence-corrected chi connectivity index (χ2v) is 6.76. The van der Waals surface area contributed by atoms with Crippen LogP contribution in [0.1, 0.15) is 45.9 Å². The number of anilines is 2. The van der Waals surface area contributed by atoms with Gasteiger partial charge >= 0.3 is 6.18 Å². The van der Waals surface area contributed by atoms with Crippen LogP contribution in [0.4, 0.5) is 24.8 Å². The fraction of sp³-hybridized carbons (Fsp3) is 0.389. The van der Waals surface area contributed by atoms with E-state index in [-0.39, 0.29) is 23.5 Å². The minimum atomic E-state index is -4.48. The van der Waals surface area contributed by atoms with Gasteiger partial charge in [0.15, 0.2) is 0 Å². The zero-order valence-electron chi connectivity index (χ0n) is 14.7. The molecule has 2 heterocycles. The Kier molecular flexibility index (Phi) is 3.97. The second kappa shape index (κ2) is 6.11. The number of hydrogen-bond acceptors (Lipinski definition) is 5. The largest absolute Gasteiger partial charge is 0.495 e. The van der Waals surface area contributed by atoms with Gasteiger partial charge in [0, 0.05) is 31.3 Å². The van der Waals surface area contributed by atoms with E-state index in [0.717, 1.165) is 11.8 Å². The van der Waals surface area contributed by atoms with Crippen LogP contribution in [0.2, 0.25) is 0 Å². The highest BCUT2D eigenvalue weighted by Gasteiger charge is 2.40. The molecule has 1 N–H and O–H groups in total. The number of alkyl halides is 3. The highest BCUT2D eigenvalue weighted by molar-refractivity contribution is 5.99. The summed E-state index contributed by atoms with van der Waals surface area (Å²) in [6, 6.07) is 3.36. The molecule has 4 rings (SSSR count). The van der Waals surface area contributed by atoms with Gasteiger partial charge in [-0.25, -0.2) is 9.97 Å². The number of carbonyl (C=O) groups is 1. The first kappa shape index (κ1) is 17.6. The van der Waals surface area contributed by atoms with Crippen LogP contribution >= 0.6 is 0 Å². The van der Waals surface area contributed by atoms with E-state index in [1.165, 1.54) is 7.11 Å². The number of nitrogens with one attached hydrogen (secondary N) is 1. The van der Waals surface area contributed by atoms with Gasteiger partial charge in [-0.2, -0.15) is 13.2 Å². The van der Waals surface area contributed by atoms with E-state index >= 15 is 0 Å². The Bertz CT molecular complexity index is 926. The van der Waals surface area contributed by atoms with Crippen molar-refractivity contribution in [2.45, 2.75) is 31.5 Å². The van der Waals surface area contributed by atoms with Crippen LogP contribution in [-0.4, -0.2) is 34.9 Å². The molecule has 1 fully saturated rings. The minimum absolute atomic E-state index is 0.0232. The van der Waals surface area contributed by atoms with Gasteiger partial charge in [-0.1, -0.05) is 0 Å². The molecule has 0 radical (unpaired) electrons. The van der Waals surface area contributed by atoms with Gasteiger partial charge < -0.3 is 15.0 Å². The van der Waals surface area contributed by atoms with Crippen LogP contribution in [0.25, 0.3) is 0 Å². The maximum atomic E-state index is 13.2. The van der Waals surface area contributed by atoms with Crippen molar-refractivity contribution in [3.63, 3.8) is 0 Å². The standard InChI is InChI=1S/C18H17F3N4O2/c1-25-8-10-5-13(14(27-2)6-11(10)16(25)26)23-17-22-7-12(18(19,20)21)15(24-17)9-3-4-9/h5-7,9H,3-4,8H2,1-2H3,(H,22,23,24). The number of aromatic nitrogens is 2. The van der Waals surface area contributed by atoms with E-state index in [2.05, 4.69) is 15.3 Å². The molecule has 0 bridgehead atoms. The molecule has 6 nitrogen and oxygen atoms in total. The monoisotopic (exact) mass is 378 g/mol. The van der Waals surface area contributed by atoms with Crippen LogP contribution in [0, 0.1) is 0 Å². The summed E-state index contributed by atoms with van der Waals surface area (Å²) in [5.41, 5.74) is 1.09. The highest BCUT2D eigenvalue weighted by Crippen LogP contribution is 2.45. The zero-order valence-corrected chi connectivity index (χ0v) is 14.7. The predicted octanol–water partition coefficient (Wildman–Crippen LogP) is 3.71. The number of fused-ring (bicyclic) bond motifs is 1. The van der Waals surface area contributed by atoms with Crippen molar-refractivity contribution in [2.24, 2.45) is 0 Å². The first-order chi connectivity index (χ1) is 12.8. The predicted molar refractivity (Wildman–Crippen MR) is 91.1 cm³/mol. The smallest absolute Gasteiger partial charge is 0.419 e. The van der Waals surface area contributed by atoms with Crippen LogP contribution in [0.5, 0.6) is 5.75 Å². The van der Waals surface area contributed by atoms with E-state index in [9.17, 15) is 18.0 Å². The van der Waals surface area contributed by atoms with Crippen molar-refractivity contribution in [1.82, 2.24) is 14.9 Å². The molecule has 1 aromatic heterocycles. The summed E-state index contributed by atoms with van der Waals surface area (Å²) in [4.78, 5) is 21.6. The van der Waals surface area contributed by atoms with Crippen LogP contribution in [-0.2, 0) is 12.7 Å². The number of carbonyl (C=O) groups excluding carboxylic acids is 1. The molecular weight excluding hydrogens is 361 g/mol. The number of halogens is 3. The van der Waals surface area contributed by atoms with Crippen molar-refractivity contribution in [1.29, 1.82) is 0 Å². The Morgan fingerprint density at radius 1 is 1.30 bits per heavy atom. The normalized spacial score (nSPS) is 16.5. The van der Waals surface area contributed by atoms with Crippen molar-refractivity contribution in [2.75, 3.05) is 19.5 Å². The Balaban J connectivity index is 1.70. The number of ether oxygens (including phenoxy) is 1. The van der Waals surface area contributed by atoms with E-state index in [0.29, 0.717) is 36.4 Å². The Hall–Kier alpha value is -2.84. The van der Waals surface area contributed by atoms with Crippen molar-refractivity contribution in [3.05, 3.63) is 40.7 Å². The summed E-state index contributed by atoms with van der Waals surface area (Å²) in [5, 5.41) is 2.94. The number of hydrogen-bond donors (Lipinski definition) is 1. The summed E-state index contributed by atoms with van der Waals surface area (Å²) in [6.45, 7) is 0.452. The molecule has 1 aliphatic carbocycles. The third-order valence-electron chi connectivity index (χ3n) is 4.74. The average Bonchev–Trinajstić information content (AvgIpc) is 3.41. The van der Waals surface area contributed by atoms with Gasteiger partial charge in [-0.3, -0.25) is 4.79 Å². The Morgan fingerprint density at radius 2 is 2.04 bits per heavy atom. The third-order valence-corrected chi connectivity index (χ3v) is 4.74. The summed E-state index contributed by atoms with van der Waals surface area (Å²) in [5.74, 6) is 0.185. The maximum Gasteiger partial charge on any atom is 0.419 e. The van der Waals surface area contributed by atoms with Crippen molar-refractivity contribution >= 4 is 17.5 Å². The molecule has 1 amide bonds. The van der Waals surface area contributed by atoms with Crippen LogP contribution < -0.4 is 10.1 Å². The van der Waals surface area contributed by atoms with Gasteiger partial charge in [0.05, 0.1) is 24.1 Å². The fourth-order valence-corrected chi connectivity index (χ4v) is 3.22. The number of amides is 1. The summed E-state index contributed by atoms with van der Waals surface area (Å²) >= 11 is 0. The lowest BCUT2D eigenvalue weighted by Gasteiger charge is -2.15. The SMILES string of the molecule is COc1cc2c(cc1Nc1ncc(C(F)(F)F)c(C3CC3)n1)CN(C)C2=O. The first-order valence-corrected chi connectivity index (χ1v) is 8.45. The van der Waals surface area contributed by atoms with E-state index in [1.54, 1.807) is 24.1 Å². The topological polar surface area (TPSA) is 67.3 Å². The quantitative estimate of drug-likeness (QED) is 0.879. The molecule has 1 aliphatic heterocycles. The van der Waals surface area contributed by atoms with Crippen LogP contribution in [0.15, 0.2) is 18.3 Å². The molecule has 1 saturated carbocycles. The number of benzene rings is 1. The molecule has 2 aliphatic rings. The Labute approximate surface area is 153 Å². The third kappa shape index (κ3) is 3.17. The number of nitrogens with zero attached hydrogens (tertiary/aromatic N) is 3. The number of methoxy groups -OCH3 is 1. The van der Waals surface area contributed by atoms with E-state index in [1.807, 2.05) is 0 Å². The average molecular weight is 378 g/mol. The van der Waals surface area contributed by atoms with Gasteiger partial charge in [-0.15, -0.1) is 0 Å². The molecule has 27 heavy (non-hydrogen) atoms. The summed E-state index contributed by atoms with van der Waals surface area (Å²) < 4.78 is 44.9. The number of rotatable bonds is 4. The van der Waals surface area contributed by atoms with Gasteiger partial charge in [0.25, 0.3) is 5.91 Å². The lowest BCUT2D eigenvalue weighted by atomic mass is 10.1. The highest BCUT2D eigenvalue weighted by atomic mass is 19.4. The van der Waals surface area contributed by atoms with Gasteiger partial charge in [0.2, 0.25) is 5.95 Å². The summed E-state index contributed by atoms with van der Waals surface area (Å²) in [6.07, 6.45) is -2.28.